The molecule has 0 unspecified atom stereocenters. The van der Waals surface area contributed by atoms with Crippen molar-refractivity contribution in [3.05, 3.63) is 78.5 Å². The molecule has 6 rings (SSSR count). The highest BCUT2D eigenvalue weighted by molar-refractivity contribution is 5.83. The number of H-pyrrole nitrogens is 1. The maximum absolute atomic E-state index is 13.9. The molecule has 0 amide bonds. The third-order valence-corrected chi connectivity index (χ3v) is 7.31. The number of aromatic nitrogens is 4. The molecule has 5 nitrogen and oxygen atoms in total. The zero-order valence-electron chi connectivity index (χ0n) is 18.5. The summed E-state index contributed by atoms with van der Waals surface area (Å²) >= 11 is 0. The van der Waals surface area contributed by atoms with Crippen LogP contribution in [0.25, 0.3) is 33.3 Å². The molecule has 3 heterocycles. The first-order chi connectivity index (χ1) is 16.2. The van der Waals surface area contributed by atoms with E-state index < -0.39 is 0 Å². The molecule has 33 heavy (non-hydrogen) atoms. The molecule has 1 fully saturated rings. The van der Waals surface area contributed by atoms with Crippen LogP contribution in [-0.2, 0) is 0 Å². The largest absolute Gasteiger partial charge is 0.444 e. The number of oxazole rings is 1. The number of fused-ring (bicyclic) bond motifs is 2. The van der Waals surface area contributed by atoms with Gasteiger partial charge >= 0.3 is 0 Å². The Morgan fingerprint density at radius 2 is 1.91 bits per heavy atom. The first-order valence-electron chi connectivity index (χ1n) is 11.6. The molecule has 6 heteroatoms. The molecule has 0 saturated heterocycles. The molecule has 0 spiro atoms. The van der Waals surface area contributed by atoms with Crippen molar-refractivity contribution in [2.24, 2.45) is 5.92 Å². The summed E-state index contributed by atoms with van der Waals surface area (Å²) in [6.45, 7) is 2.28. The molecule has 1 aliphatic carbocycles. The fraction of sp³-hybridized carbons (Fsp3) is 0.296. The van der Waals surface area contributed by atoms with Gasteiger partial charge in [0.05, 0.1) is 22.7 Å². The number of aromatic amines is 1. The molecule has 1 atom stereocenters. The predicted octanol–water partition coefficient (Wildman–Crippen LogP) is 6.98. The van der Waals surface area contributed by atoms with Crippen LogP contribution in [-0.4, -0.2) is 19.9 Å². The van der Waals surface area contributed by atoms with Gasteiger partial charge in [-0.1, -0.05) is 6.92 Å². The molecule has 1 saturated carbocycles. The minimum Gasteiger partial charge on any atom is -0.444 e. The predicted molar refractivity (Wildman–Crippen MR) is 126 cm³/mol. The summed E-state index contributed by atoms with van der Waals surface area (Å²) in [5.41, 5.74) is 5.07. The Morgan fingerprint density at radius 1 is 1.03 bits per heavy atom. The zero-order valence-corrected chi connectivity index (χ0v) is 18.5. The van der Waals surface area contributed by atoms with Crippen LogP contribution in [0.2, 0.25) is 0 Å². The van der Waals surface area contributed by atoms with Gasteiger partial charge in [-0.2, -0.15) is 0 Å². The van der Waals surface area contributed by atoms with Gasteiger partial charge in [-0.25, -0.2) is 14.4 Å². The fourth-order valence-electron chi connectivity index (χ4n) is 5.40. The number of halogens is 1. The first kappa shape index (κ1) is 20.1. The lowest BCUT2D eigenvalue weighted by molar-refractivity contribution is 0.286. The molecular formula is C27H25FN4O. The number of pyridine rings is 1. The number of benzene rings is 2. The Labute approximate surface area is 191 Å². The number of rotatable bonds is 4. The van der Waals surface area contributed by atoms with Gasteiger partial charge < -0.3 is 9.40 Å². The third kappa shape index (κ3) is 3.69. The van der Waals surface area contributed by atoms with Crippen LogP contribution in [0.3, 0.4) is 0 Å². The molecule has 1 aliphatic rings. The number of hydrogen-bond acceptors (Lipinski definition) is 4. The van der Waals surface area contributed by atoms with E-state index >= 15 is 0 Å². The number of nitrogens with zero attached hydrogens (tertiary/aromatic N) is 3. The van der Waals surface area contributed by atoms with Gasteiger partial charge in [0.1, 0.15) is 11.6 Å². The number of nitrogens with one attached hydrogen (secondary N) is 1. The number of imidazole rings is 1. The summed E-state index contributed by atoms with van der Waals surface area (Å²) < 4.78 is 19.3. The van der Waals surface area contributed by atoms with E-state index in [1.165, 1.54) is 18.0 Å². The summed E-state index contributed by atoms with van der Waals surface area (Å²) in [4.78, 5) is 16.9. The monoisotopic (exact) mass is 440 g/mol. The third-order valence-electron chi connectivity index (χ3n) is 7.31. The van der Waals surface area contributed by atoms with Crippen molar-refractivity contribution in [1.29, 1.82) is 0 Å². The fourth-order valence-corrected chi connectivity index (χ4v) is 5.40. The second kappa shape index (κ2) is 8.10. The average Bonchev–Trinajstić information content (AvgIpc) is 3.53. The lowest BCUT2D eigenvalue weighted by Gasteiger charge is -2.32. The van der Waals surface area contributed by atoms with E-state index in [9.17, 15) is 4.39 Å². The SMILES string of the molecule is C[C@@H](c1nc2cc(-c3cnco3)ccc2[nH]1)[C@H]1CC[C@@H](c2ccnc3ccc(F)cc32)CC1. The Kier molecular flexibility index (Phi) is 4.93. The first-order valence-corrected chi connectivity index (χ1v) is 11.6. The Hall–Kier alpha value is -3.54. The maximum atomic E-state index is 13.9. The second-order valence-corrected chi connectivity index (χ2v) is 9.18. The van der Waals surface area contributed by atoms with Crippen LogP contribution < -0.4 is 0 Å². The molecule has 3 aromatic heterocycles. The van der Waals surface area contributed by atoms with Gasteiger partial charge in [-0.15, -0.1) is 0 Å². The van der Waals surface area contributed by atoms with E-state index in [0.29, 0.717) is 17.8 Å². The van der Waals surface area contributed by atoms with Gasteiger partial charge in [-0.3, -0.25) is 4.98 Å². The van der Waals surface area contributed by atoms with Crippen molar-refractivity contribution in [2.75, 3.05) is 0 Å². The summed E-state index contributed by atoms with van der Waals surface area (Å²) in [6, 6.07) is 13.1. The zero-order chi connectivity index (χ0) is 22.4. The van der Waals surface area contributed by atoms with Crippen molar-refractivity contribution < 1.29 is 8.81 Å². The van der Waals surface area contributed by atoms with E-state index in [1.807, 2.05) is 18.3 Å². The van der Waals surface area contributed by atoms with Crippen LogP contribution in [0.1, 0.15) is 55.8 Å². The summed E-state index contributed by atoms with van der Waals surface area (Å²) in [6.07, 6.45) is 9.47. The summed E-state index contributed by atoms with van der Waals surface area (Å²) in [7, 11) is 0. The topological polar surface area (TPSA) is 67.6 Å². The average molecular weight is 441 g/mol. The minimum absolute atomic E-state index is 0.199. The standard InChI is InChI=1S/C27H25FN4O/c1-16(27-31-24-8-6-19(12-25(24)32-27)26-14-29-15-33-26)17-2-4-18(5-3-17)21-10-11-30-23-9-7-20(28)13-22(21)23/h6-18H,2-5H2,1H3,(H,31,32)/t16-,17-,18+/m1/s1. The Morgan fingerprint density at radius 3 is 2.73 bits per heavy atom. The molecule has 166 valence electrons. The molecule has 5 aromatic rings. The van der Waals surface area contributed by atoms with Crippen LogP contribution in [0.5, 0.6) is 0 Å². The highest BCUT2D eigenvalue weighted by atomic mass is 19.1. The molecule has 0 aliphatic heterocycles. The van der Waals surface area contributed by atoms with Crippen molar-refractivity contribution in [3.63, 3.8) is 0 Å². The smallest absolute Gasteiger partial charge is 0.181 e. The lowest BCUT2D eigenvalue weighted by Crippen LogP contribution is -2.19. The molecule has 2 aromatic carbocycles. The van der Waals surface area contributed by atoms with Crippen LogP contribution >= 0.6 is 0 Å². The van der Waals surface area contributed by atoms with Gasteiger partial charge in [0.25, 0.3) is 0 Å². The van der Waals surface area contributed by atoms with E-state index in [4.69, 9.17) is 9.40 Å². The van der Waals surface area contributed by atoms with Crippen LogP contribution in [0.4, 0.5) is 4.39 Å². The summed E-state index contributed by atoms with van der Waals surface area (Å²) in [5, 5.41) is 0.953. The van der Waals surface area contributed by atoms with E-state index in [2.05, 4.69) is 34.0 Å². The molecule has 0 bridgehead atoms. The highest BCUT2D eigenvalue weighted by Gasteiger charge is 2.29. The maximum Gasteiger partial charge on any atom is 0.181 e. The minimum atomic E-state index is -0.199. The van der Waals surface area contributed by atoms with Crippen molar-refractivity contribution >= 4 is 21.9 Å². The van der Waals surface area contributed by atoms with Crippen molar-refractivity contribution in [1.82, 2.24) is 19.9 Å². The molecule has 1 N–H and O–H groups in total. The van der Waals surface area contributed by atoms with E-state index in [0.717, 1.165) is 64.8 Å². The molecular weight excluding hydrogens is 415 g/mol. The van der Waals surface area contributed by atoms with E-state index in [-0.39, 0.29) is 5.82 Å². The van der Waals surface area contributed by atoms with Crippen LogP contribution in [0.15, 0.2) is 65.7 Å². The molecule has 0 radical (unpaired) electrons. The van der Waals surface area contributed by atoms with Gasteiger partial charge in [0.2, 0.25) is 0 Å². The Balaban J connectivity index is 1.20. The van der Waals surface area contributed by atoms with Gasteiger partial charge in [-0.05, 0) is 85.5 Å². The Bertz CT molecular complexity index is 1420. The lowest BCUT2D eigenvalue weighted by atomic mass is 9.73. The van der Waals surface area contributed by atoms with Crippen molar-refractivity contribution in [3.8, 4) is 11.3 Å². The quantitative estimate of drug-likeness (QED) is 0.327. The second-order valence-electron chi connectivity index (χ2n) is 9.18. The van der Waals surface area contributed by atoms with Gasteiger partial charge in [0.15, 0.2) is 12.2 Å². The number of hydrogen-bond donors (Lipinski definition) is 1. The highest BCUT2D eigenvalue weighted by Crippen LogP contribution is 2.43. The van der Waals surface area contributed by atoms with Crippen molar-refractivity contribution in [2.45, 2.75) is 44.4 Å². The normalized spacial score (nSPS) is 19.8. The summed E-state index contributed by atoms with van der Waals surface area (Å²) in [5.74, 6) is 2.95. The van der Waals surface area contributed by atoms with E-state index in [1.54, 1.807) is 18.3 Å². The van der Waals surface area contributed by atoms with Gasteiger partial charge in [0, 0.05) is 23.1 Å². The van der Waals surface area contributed by atoms with Crippen LogP contribution in [0, 0.1) is 11.7 Å².